The summed E-state index contributed by atoms with van der Waals surface area (Å²) in [5.74, 6) is 0. The van der Waals surface area contributed by atoms with Crippen molar-refractivity contribution in [3.8, 4) is 0 Å². The minimum Gasteiger partial charge on any atom is -0.299 e. The summed E-state index contributed by atoms with van der Waals surface area (Å²) in [5.41, 5.74) is 3.09. The first kappa shape index (κ1) is 9.73. The highest BCUT2D eigenvalue weighted by Crippen LogP contribution is 2.49. The number of fused-ring (bicyclic) bond motifs is 2. The lowest BCUT2D eigenvalue weighted by Gasteiger charge is -2.38. The molecule has 1 saturated heterocycles. The maximum Gasteiger partial charge on any atom is 0.0909 e. The van der Waals surface area contributed by atoms with E-state index in [1.54, 1.807) is 11.1 Å². The molecule has 1 nitrogen and oxygen atoms in total. The highest BCUT2D eigenvalue weighted by atomic mass is 32.2. The van der Waals surface area contributed by atoms with Gasteiger partial charge in [0.25, 0.3) is 0 Å². The van der Waals surface area contributed by atoms with Crippen molar-refractivity contribution >= 4 is 11.8 Å². The lowest BCUT2D eigenvalue weighted by Crippen LogP contribution is -2.43. The molecule has 1 aromatic rings. The van der Waals surface area contributed by atoms with Crippen LogP contribution in [0.2, 0.25) is 0 Å². The number of thioether (sulfide) groups is 1. The zero-order chi connectivity index (χ0) is 10.3. The van der Waals surface area contributed by atoms with Crippen LogP contribution in [0.25, 0.3) is 0 Å². The molecule has 0 aromatic heterocycles. The van der Waals surface area contributed by atoms with E-state index in [0.717, 1.165) is 5.25 Å². The average molecular weight is 219 g/mol. The van der Waals surface area contributed by atoms with Crippen molar-refractivity contribution in [2.24, 2.45) is 0 Å². The van der Waals surface area contributed by atoms with Crippen LogP contribution in [0.5, 0.6) is 0 Å². The number of hydrogen-bond donors (Lipinski definition) is 1. The Morgan fingerprint density at radius 2 is 2.27 bits per heavy atom. The Kier molecular flexibility index (Phi) is 2.29. The predicted octanol–water partition coefficient (Wildman–Crippen LogP) is 2.90. The molecule has 0 saturated carbocycles. The van der Waals surface area contributed by atoms with Gasteiger partial charge in [0.05, 0.1) is 4.87 Å². The van der Waals surface area contributed by atoms with Gasteiger partial charge in [-0.2, -0.15) is 0 Å². The lowest BCUT2D eigenvalue weighted by atomic mass is 10.1. The van der Waals surface area contributed by atoms with Gasteiger partial charge >= 0.3 is 0 Å². The highest BCUT2D eigenvalue weighted by Gasteiger charge is 2.41. The van der Waals surface area contributed by atoms with E-state index in [1.807, 2.05) is 0 Å². The molecule has 1 aliphatic carbocycles. The molecular formula is C13H17NS. The SMILES string of the molecule is CC1CCNC2(CCc3ccccc32)S1. The van der Waals surface area contributed by atoms with Gasteiger partial charge in [-0.1, -0.05) is 31.2 Å². The van der Waals surface area contributed by atoms with E-state index in [4.69, 9.17) is 0 Å². The third-order valence-corrected chi connectivity index (χ3v) is 5.17. The molecular weight excluding hydrogens is 202 g/mol. The largest absolute Gasteiger partial charge is 0.299 e. The smallest absolute Gasteiger partial charge is 0.0909 e. The normalized spacial score (nSPS) is 34.3. The van der Waals surface area contributed by atoms with Gasteiger partial charge in [0.2, 0.25) is 0 Å². The van der Waals surface area contributed by atoms with Gasteiger partial charge in [0.1, 0.15) is 0 Å². The molecule has 1 aliphatic heterocycles. The predicted molar refractivity (Wildman–Crippen MR) is 66.1 cm³/mol. The second-order valence-electron chi connectivity index (χ2n) is 4.63. The Morgan fingerprint density at radius 3 is 3.13 bits per heavy atom. The summed E-state index contributed by atoms with van der Waals surface area (Å²) in [4.78, 5) is 0.244. The fourth-order valence-corrected chi connectivity index (χ4v) is 4.46. The quantitative estimate of drug-likeness (QED) is 0.720. The van der Waals surface area contributed by atoms with Gasteiger partial charge in [-0.3, -0.25) is 5.32 Å². The van der Waals surface area contributed by atoms with Crippen LogP contribution in [0.4, 0.5) is 0 Å². The fourth-order valence-electron chi connectivity index (χ4n) is 2.81. The molecule has 3 rings (SSSR count). The molecule has 2 aliphatic rings. The number of hydrogen-bond acceptors (Lipinski definition) is 2. The summed E-state index contributed by atoms with van der Waals surface area (Å²) >= 11 is 2.13. The van der Waals surface area contributed by atoms with Crippen LogP contribution < -0.4 is 5.32 Å². The fraction of sp³-hybridized carbons (Fsp3) is 0.538. The first-order chi connectivity index (χ1) is 7.30. The molecule has 2 atom stereocenters. The summed E-state index contributed by atoms with van der Waals surface area (Å²) in [5, 5.41) is 4.53. The van der Waals surface area contributed by atoms with Gasteiger partial charge in [0, 0.05) is 5.25 Å². The molecule has 2 unspecified atom stereocenters. The molecule has 1 spiro atoms. The number of benzene rings is 1. The summed E-state index contributed by atoms with van der Waals surface area (Å²) in [6.45, 7) is 3.52. The highest BCUT2D eigenvalue weighted by molar-refractivity contribution is 8.00. The average Bonchev–Trinajstić information content (AvgIpc) is 2.59. The molecule has 0 radical (unpaired) electrons. The van der Waals surface area contributed by atoms with Gasteiger partial charge in [0.15, 0.2) is 0 Å². The Bertz CT molecular complexity index is 373. The zero-order valence-electron chi connectivity index (χ0n) is 9.12. The van der Waals surface area contributed by atoms with Gasteiger partial charge in [-0.25, -0.2) is 0 Å². The lowest BCUT2D eigenvalue weighted by molar-refractivity contribution is 0.450. The minimum atomic E-state index is 0.244. The summed E-state index contributed by atoms with van der Waals surface area (Å²) in [6, 6.07) is 8.92. The van der Waals surface area contributed by atoms with Gasteiger partial charge in [-0.15, -0.1) is 11.8 Å². The molecule has 0 bridgehead atoms. The molecule has 0 amide bonds. The van der Waals surface area contributed by atoms with Gasteiger partial charge in [-0.05, 0) is 36.9 Å². The minimum absolute atomic E-state index is 0.244. The van der Waals surface area contributed by atoms with E-state index in [-0.39, 0.29) is 4.87 Å². The number of nitrogens with one attached hydrogen (secondary N) is 1. The van der Waals surface area contributed by atoms with E-state index in [9.17, 15) is 0 Å². The topological polar surface area (TPSA) is 12.0 Å². The summed E-state index contributed by atoms with van der Waals surface area (Å²) in [7, 11) is 0. The third kappa shape index (κ3) is 1.51. The van der Waals surface area contributed by atoms with Crippen molar-refractivity contribution in [1.29, 1.82) is 0 Å². The number of rotatable bonds is 0. The Balaban J connectivity index is 2.00. The van der Waals surface area contributed by atoms with E-state index in [2.05, 4.69) is 48.3 Å². The maximum absolute atomic E-state index is 3.74. The van der Waals surface area contributed by atoms with Crippen LogP contribution >= 0.6 is 11.8 Å². The third-order valence-electron chi connectivity index (χ3n) is 3.56. The Hall–Kier alpha value is -0.470. The molecule has 1 fully saturated rings. The second kappa shape index (κ2) is 3.53. The van der Waals surface area contributed by atoms with Crippen molar-refractivity contribution in [1.82, 2.24) is 5.32 Å². The van der Waals surface area contributed by atoms with Gasteiger partial charge < -0.3 is 0 Å². The molecule has 15 heavy (non-hydrogen) atoms. The Morgan fingerprint density at radius 1 is 1.40 bits per heavy atom. The van der Waals surface area contributed by atoms with Crippen LogP contribution in [0.1, 0.15) is 30.9 Å². The molecule has 1 heterocycles. The van der Waals surface area contributed by atoms with Crippen LogP contribution in [0.3, 0.4) is 0 Å². The van der Waals surface area contributed by atoms with E-state index in [1.165, 1.54) is 25.8 Å². The van der Waals surface area contributed by atoms with Crippen molar-refractivity contribution in [3.05, 3.63) is 35.4 Å². The molecule has 2 heteroatoms. The van der Waals surface area contributed by atoms with Crippen molar-refractivity contribution in [2.75, 3.05) is 6.54 Å². The maximum atomic E-state index is 3.74. The molecule has 1 aromatic carbocycles. The zero-order valence-corrected chi connectivity index (χ0v) is 9.94. The van der Waals surface area contributed by atoms with E-state index in [0.29, 0.717) is 0 Å². The van der Waals surface area contributed by atoms with Crippen molar-refractivity contribution in [3.63, 3.8) is 0 Å². The van der Waals surface area contributed by atoms with Crippen molar-refractivity contribution < 1.29 is 0 Å². The first-order valence-electron chi connectivity index (χ1n) is 5.81. The molecule has 80 valence electrons. The molecule has 1 N–H and O–H groups in total. The second-order valence-corrected chi connectivity index (χ2v) is 6.37. The first-order valence-corrected chi connectivity index (χ1v) is 6.69. The van der Waals surface area contributed by atoms with Crippen LogP contribution in [-0.4, -0.2) is 11.8 Å². The summed E-state index contributed by atoms with van der Waals surface area (Å²) < 4.78 is 0. The van der Waals surface area contributed by atoms with Crippen LogP contribution in [0.15, 0.2) is 24.3 Å². The van der Waals surface area contributed by atoms with E-state index < -0.39 is 0 Å². The monoisotopic (exact) mass is 219 g/mol. The van der Waals surface area contributed by atoms with E-state index >= 15 is 0 Å². The summed E-state index contributed by atoms with van der Waals surface area (Å²) in [6.07, 6.45) is 3.80. The Labute approximate surface area is 95.6 Å². The standard InChI is InChI=1S/C13H17NS/c1-10-7-9-14-13(15-10)8-6-11-4-2-3-5-12(11)13/h2-5,10,14H,6-9H2,1H3. The number of aryl methyl sites for hydroxylation is 1. The van der Waals surface area contributed by atoms with Crippen LogP contribution in [-0.2, 0) is 11.3 Å². The van der Waals surface area contributed by atoms with Crippen molar-refractivity contribution in [2.45, 2.75) is 36.3 Å². The van der Waals surface area contributed by atoms with Crippen LogP contribution in [0, 0.1) is 0 Å².